The highest BCUT2D eigenvalue weighted by atomic mass is 16.1. The van der Waals surface area contributed by atoms with Crippen LogP contribution in [0.2, 0.25) is 0 Å². The average molecular weight is 339 g/mol. The van der Waals surface area contributed by atoms with E-state index in [2.05, 4.69) is 20.9 Å². The van der Waals surface area contributed by atoms with Gasteiger partial charge in [-0.3, -0.25) is 14.3 Å². The van der Waals surface area contributed by atoms with Gasteiger partial charge in [0.15, 0.2) is 0 Å². The first-order chi connectivity index (χ1) is 11.3. The van der Waals surface area contributed by atoms with Crippen molar-refractivity contribution >= 4 is 11.8 Å². The van der Waals surface area contributed by atoms with Gasteiger partial charge in [0.05, 0.1) is 17.8 Å². The number of nitrogens with one attached hydrogen (secondary N) is 2. The van der Waals surface area contributed by atoms with Crippen LogP contribution in [0.3, 0.4) is 0 Å². The van der Waals surface area contributed by atoms with Gasteiger partial charge >= 0.3 is 0 Å². The maximum atomic E-state index is 11.5. The highest BCUT2D eigenvalue weighted by Crippen LogP contribution is 2.03. The zero-order chi connectivity index (χ0) is 18.1. The van der Waals surface area contributed by atoms with Crippen LogP contribution in [-0.4, -0.2) is 51.5 Å². The Bertz CT molecular complexity index is 530. The number of rotatable bonds is 12. The molecular weight excluding hydrogens is 310 g/mol. The summed E-state index contributed by atoms with van der Waals surface area (Å²) in [5.74, 6) is -0.756. The number of nitrogens with zero attached hydrogens (tertiary/aromatic N) is 3. The Hall–Kier alpha value is -2.00. The monoisotopic (exact) mass is 339 g/mol. The van der Waals surface area contributed by atoms with E-state index in [4.69, 9.17) is 11.5 Å². The number of carbonyl (C=O) groups is 2. The third-order valence-corrected chi connectivity index (χ3v) is 3.55. The molecule has 0 aliphatic carbocycles. The fourth-order valence-corrected chi connectivity index (χ4v) is 2.44. The van der Waals surface area contributed by atoms with Crippen LogP contribution in [0, 0.1) is 0 Å². The molecule has 6 N–H and O–H groups in total. The van der Waals surface area contributed by atoms with Gasteiger partial charge in [-0.2, -0.15) is 0 Å². The molecule has 24 heavy (non-hydrogen) atoms. The Balaban J connectivity index is 2.50. The van der Waals surface area contributed by atoms with Crippen molar-refractivity contribution in [1.82, 2.24) is 25.6 Å². The van der Waals surface area contributed by atoms with Gasteiger partial charge < -0.3 is 22.1 Å². The van der Waals surface area contributed by atoms with E-state index in [1.165, 1.54) is 0 Å². The van der Waals surface area contributed by atoms with Gasteiger partial charge in [-0.15, -0.1) is 5.10 Å². The largest absolute Gasteiger partial charge is 0.368 e. The minimum Gasteiger partial charge on any atom is -0.368 e. The van der Waals surface area contributed by atoms with Crippen LogP contribution in [0.25, 0.3) is 0 Å². The van der Waals surface area contributed by atoms with Gasteiger partial charge in [-0.25, -0.2) is 0 Å². The molecule has 0 aromatic carbocycles. The fraction of sp³-hybridized carbons (Fsp3) is 0.733. The van der Waals surface area contributed by atoms with Crippen molar-refractivity contribution in [2.24, 2.45) is 11.5 Å². The van der Waals surface area contributed by atoms with E-state index in [1.807, 2.05) is 20.8 Å². The molecule has 1 rings (SSSR count). The summed E-state index contributed by atoms with van der Waals surface area (Å²) in [4.78, 5) is 22.8. The summed E-state index contributed by atoms with van der Waals surface area (Å²) in [6, 6.07) is -0.648. The summed E-state index contributed by atoms with van der Waals surface area (Å²) in [7, 11) is 0. The van der Waals surface area contributed by atoms with E-state index in [0.717, 1.165) is 6.42 Å². The van der Waals surface area contributed by atoms with Crippen molar-refractivity contribution in [3.05, 3.63) is 11.9 Å². The molecule has 1 heterocycles. The number of likely N-dealkylation sites (N-methyl/N-ethyl adjacent to an activating group) is 1. The van der Waals surface area contributed by atoms with Crippen LogP contribution in [-0.2, 0) is 22.6 Å². The van der Waals surface area contributed by atoms with Crippen LogP contribution in [0.4, 0.5) is 0 Å². The minimum atomic E-state index is -0.469. The molecule has 1 aromatic rings. The number of carbonyl (C=O) groups excluding carboxylic acids is 2. The van der Waals surface area contributed by atoms with Crippen molar-refractivity contribution < 1.29 is 9.59 Å². The first-order valence-corrected chi connectivity index (χ1v) is 8.30. The zero-order valence-corrected chi connectivity index (χ0v) is 14.7. The number of hydrogen-bond acceptors (Lipinski definition) is 6. The molecule has 0 aliphatic rings. The Morgan fingerprint density at radius 3 is 2.46 bits per heavy atom. The third kappa shape index (κ3) is 7.05. The molecule has 1 aromatic heterocycles. The predicted molar refractivity (Wildman–Crippen MR) is 90.9 cm³/mol. The second kappa shape index (κ2) is 9.99. The first kappa shape index (κ1) is 20.0. The van der Waals surface area contributed by atoms with E-state index < -0.39 is 11.9 Å². The topological polar surface area (TPSA) is 141 Å². The maximum absolute atomic E-state index is 11.5. The smallest absolute Gasteiger partial charge is 0.234 e. The summed E-state index contributed by atoms with van der Waals surface area (Å²) >= 11 is 0. The number of nitrogens with two attached hydrogens (primary N) is 2. The summed E-state index contributed by atoms with van der Waals surface area (Å²) in [5.41, 5.74) is 11.4. The molecule has 0 aliphatic heterocycles. The standard InChI is InChI=1S/C15H29N7O2/c1-4-18-12(14(16)23)6-5-7-22-9-11(20-21-22)8-13(15(17)24)19-10(2)3/h9-10,12-13,18-19H,4-8H2,1-3H3,(H2,16,23)(H2,17,24). The first-order valence-electron chi connectivity index (χ1n) is 8.30. The Labute approximate surface area is 142 Å². The molecule has 0 spiro atoms. The second-order valence-corrected chi connectivity index (χ2v) is 6.11. The molecule has 9 nitrogen and oxygen atoms in total. The predicted octanol–water partition coefficient (Wildman–Crippen LogP) is -1.08. The van der Waals surface area contributed by atoms with Crippen LogP contribution in [0.5, 0.6) is 0 Å². The van der Waals surface area contributed by atoms with Gasteiger partial charge in [0.25, 0.3) is 0 Å². The third-order valence-electron chi connectivity index (χ3n) is 3.55. The molecule has 2 amide bonds. The van der Waals surface area contributed by atoms with Crippen molar-refractivity contribution in [2.45, 2.75) is 64.7 Å². The quantitative estimate of drug-likeness (QED) is 0.381. The van der Waals surface area contributed by atoms with E-state index in [0.29, 0.717) is 31.6 Å². The van der Waals surface area contributed by atoms with Gasteiger partial charge in [0, 0.05) is 25.2 Å². The molecule has 2 atom stereocenters. The van der Waals surface area contributed by atoms with Gasteiger partial charge in [-0.05, 0) is 19.4 Å². The summed E-state index contributed by atoms with van der Waals surface area (Å²) in [6.45, 7) is 7.15. The highest BCUT2D eigenvalue weighted by Gasteiger charge is 2.18. The van der Waals surface area contributed by atoms with Crippen molar-refractivity contribution in [1.29, 1.82) is 0 Å². The summed E-state index contributed by atoms with van der Waals surface area (Å²) in [6.07, 6.45) is 3.57. The second-order valence-electron chi connectivity index (χ2n) is 6.11. The maximum Gasteiger partial charge on any atom is 0.234 e. The van der Waals surface area contributed by atoms with E-state index >= 15 is 0 Å². The highest BCUT2D eigenvalue weighted by molar-refractivity contribution is 5.80. The van der Waals surface area contributed by atoms with Crippen LogP contribution in [0.1, 0.15) is 39.3 Å². The van der Waals surface area contributed by atoms with Gasteiger partial charge in [0.2, 0.25) is 11.8 Å². The molecule has 0 saturated heterocycles. The lowest BCUT2D eigenvalue weighted by molar-refractivity contribution is -0.121. The lowest BCUT2D eigenvalue weighted by atomic mass is 10.1. The number of aromatic nitrogens is 3. The molecular formula is C15H29N7O2. The van der Waals surface area contributed by atoms with Crippen molar-refractivity contribution in [2.75, 3.05) is 6.54 Å². The lowest BCUT2D eigenvalue weighted by Gasteiger charge is -2.16. The lowest BCUT2D eigenvalue weighted by Crippen LogP contribution is -2.46. The van der Waals surface area contributed by atoms with Gasteiger partial charge in [-0.1, -0.05) is 26.0 Å². The molecule has 0 radical (unpaired) electrons. The molecule has 0 saturated carbocycles. The molecule has 2 unspecified atom stereocenters. The number of amides is 2. The summed E-state index contributed by atoms with van der Waals surface area (Å²) < 4.78 is 1.70. The zero-order valence-electron chi connectivity index (χ0n) is 14.7. The average Bonchev–Trinajstić information content (AvgIpc) is 2.92. The van der Waals surface area contributed by atoms with Crippen LogP contribution < -0.4 is 22.1 Å². The Kier molecular flexibility index (Phi) is 8.34. The molecule has 0 fully saturated rings. The van der Waals surface area contributed by atoms with Crippen molar-refractivity contribution in [3.63, 3.8) is 0 Å². The number of hydrogen-bond donors (Lipinski definition) is 4. The molecule has 9 heteroatoms. The number of aryl methyl sites for hydroxylation is 1. The SMILES string of the molecule is CCNC(CCCn1cc(CC(NC(C)C)C(N)=O)nn1)C(N)=O. The van der Waals surface area contributed by atoms with Crippen LogP contribution in [0.15, 0.2) is 6.20 Å². The van der Waals surface area contributed by atoms with Gasteiger partial charge in [0.1, 0.15) is 0 Å². The van der Waals surface area contributed by atoms with E-state index in [1.54, 1.807) is 10.9 Å². The Morgan fingerprint density at radius 1 is 1.25 bits per heavy atom. The normalized spacial score (nSPS) is 13.8. The number of primary amides is 2. The molecule has 136 valence electrons. The van der Waals surface area contributed by atoms with E-state index in [-0.39, 0.29) is 18.0 Å². The van der Waals surface area contributed by atoms with Crippen LogP contribution >= 0.6 is 0 Å². The minimum absolute atomic E-state index is 0.148. The van der Waals surface area contributed by atoms with E-state index in [9.17, 15) is 9.59 Å². The fourth-order valence-electron chi connectivity index (χ4n) is 2.44. The summed E-state index contributed by atoms with van der Waals surface area (Å²) in [5, 5.41) is 14.3. The van der Waals surface area contributed by atoms with Crippen molar-refractivity contribution in [3.8, 4) is 0 Å². The Morgan fingerprint density at radius 2 is 1.92 bits per heavy atom. The molecule has 0 bridgehead atoms.